The fourth-order valence-electron chi connectivity index (χ4n) is 3.40. The highest BCUT2D eigenvalue weighted by molar-refractivity contribution is 5.79. The molecule has 1 aromatic rings. The van der Waals surface area contributed by atoms with Gasteiger partial charge in [-0.2, -0.15) is 0 Å². The molecule has 1 aromatic heterocycles. The Hall–Kier alpha value is -2.25. The lowest BCUT2D eigenvalue weighted by molar-refractivity contribution is 0.0214. The van der Waals surface area contributed by atoms with Crippen molar-refractivity contribution in [1.82, 2.24) is 20.1 Å². The van der Waals surface area contributed by atoms with Crippen molar-refractivity contribution in [3.63, 3.8) is 0 Å². The van der Waals surface area contributed by atoms with Crippen molar-refractivity contribution >= 4 is 12.1 Å². The van der Waals surface area contributed by atoms with Crippen LogP contribution in [0.5, 0.6) is 0 Å². The largest absolute Gasteiger partial charge is 0.444 e. The van der Waals surface area contributed by atoms with Gasteiger partial charge in [0.05, 0.1) is 12.2 Å². The number of carbonyl (C=O) groups excluding carboxylic acids is 1. The number of oxazole rings is 1. The summed E-state index contributed by atoms with van der Waals surface area (Å²) in [5, 5.41) is 3.34. The van der Waals surface area contributed by atoms with Crippen molar-refractivity contribution in [2.24, 2.45) is 10.9 Å². The number of ether oxygens (including phenoxy) is 1. The first-order valence-corrected chi connectivity index (χ1v) is 10.5. The molecular weight excluding hydrogens is 370 g/mol. The van der Waals surface area contributed by atoms with E-state index < -0.39 is 5.60 Å². The van der Waals surface area contributed by atoms with Gasteiger partial charge in [-0.1, -0.05) is 0 Å². The van der Waals surface area contributed by atoms with Gasteiger partial charge in [0.2, 0.25) is 5.89 Å². The summed E-state index contributed by atoms with van der Waals surface area (Å²) in [5.41, 5.74) is 0.453. The maximum absolute atomic E-state index is 12.4. The van der Waals surface area contributed by atoms with Gasteiger partial charge >= 0.3 is 6.09 Å². The molecule has 0 radical (unpaired) electrons. The summed E-state index contributed by atoms with van der Waals surface area (Å²) in [6, 6.07) is 0. The predicted molar refractivity (Wildman–Crippen MR) is 114 cm³/mol. The van der Waals surface area contributed by atoms with Crippen LogP contribution in [0.1, 0.15) is 57.9 Å². The Morgan fingerprint density at radius 1 is 1.34 bits per heavy atom. The summed E-state index contributed by atoms with van der Waals surface area (Å²) < 4.78 is 11.2. The summed E-state index contributed by atoms with van der Waals surface area (Å²) in [5.74, 6) is 2.85. The third-order valence-corrected chi connectivity index (χ3v) is 5.11. The van der Waals surface area contributed by atoms with E-state index in [1.54, 1.807) is 7.05 Å². The molecule has 0 aliphatic carbocycles. The third kappa shape index (κ3) is 6.94. The van der Waals surface area contributed by atoms with Crippen LogP contribution in [0.4, 0.5) is 4.79 Å². The number of nitrogens with zero attached hydrogens (tertiary/aromatic N) is 4. The second-order valence-electron chi connectivity index (χ2n) is 8.60. The number of hydrogen-bond acceptors (Lipinski definition) is 5. The molecule has 0 unspecified atom stereocenters. The first-order valence-electron chi connectivity index (χ1n) is 10.5. The van der Waals surface area contributed by atoms with E-state index in [-0.39, 0.29) is 6.09 Å². The second-order valence-corrected chi connectivity index (χ2v) is 8.60. The zero-order chi connectivity index (χ0) is 21.6. The number of carbonyl (C=O) groups is 1. The summed E-state index contributed by atoms with van der Waals surface area (Å²) >= 11 is 0. The number of likely N-dealkylation sites (tertiary alicyclic amines) is 1. The molecule has 1 saturated heterocycles. The van der Waals surface area contributed by atoms with Gasteiger partial charge < -0.3 is 24.3 Å². The first-order chi connectivity index (χ1) is 13.6. The van der Waals surface area contributed by atoms with Gasteiger partial charge in [0.25, 0.3) is 0 Å². The lowest BCUT2D eigenvalue weighted by atomic mass is 9.96. The number of rotatable bonds is 5. The number of aromatic nitrogens is 1. The Balaban J connectivity index is 1.82. The van der Waals surface area contributed by atoms with Crippen LogP contribution in [-0.2, 0) is 11.3 Å². The standard InChI is InChI=1S/C21H37N5O3/c1-8-25(20(27)29-21(4,5)6)14-17-9-11-26(12-10-17)19(22-7)23-13-18-24-15(2)16(3)28-18/h17H,8-14H2,1-7H3,(H,22,23). The minimum Gasteiger partial charge on any atom is -0.444 e. The molecule has 1 N–H and O–H groups in total. The molecule has 0 saturated carbocycles. The van der Waals surface area contributed by atoms with Gasteiger partial charge in [0.1, 0.15) is 11.4 Å². The van der Waals surface area contributed by atoms with Crippen molar-refractivity contribution < 1.29 is 13.9 Å². The highest BCUT2D eigenvalue weighted by atomic mass is 16.6. The van der Waals surface area contributed by atoms with Crippen molar-refractivity contribution in [2.75, 3.05) is 33.2 Å². The molecule has 0 aromatic carbocycles. The summed E-state index contributed by atoms with van der Waals surface area (Å²) in [6.45, 7) is 15.3. The minimum atomic E-state index is -0.466. The molecule has 8 nitrogen and oxygen atoms in total. The van der Waals surface area contributed by atoms with E-state index in [0.29, 0.717) is 24.9 Å². The van der Waals surface area contributed by atoms with E-state index in [1.807, 2.05) is 46.4 Å². The van der Waals surface area contributed by atoms with Crippen LogP contribution in [-0.4, -0.2) is 65.7 Å². The molecule has 1 aliphatic rings. The van der Waals surface area contributed by atoms with Gasteiger partial charge in [0, 0.05) is 33.2 Å². The van der Waals surface area contributed by atoms with Crippen molar-refractivity contribution in [1.29, 1.82) is 0 Å². The molecule has 0 bridgehead atoms. The SMILES string of the molecule is CCN(CC1CCN(C(=NC)NCc2nc(C)c(C)o2)CC1)C(=O)OC(C)(C)C. The van der Waals surface area contributed by atoms with Crippen LogP contribution < -0.4 is 5.32 Å². The minimum absolute atomic E-state index is 0.226. The highest BCUT2D eigenvalue weighted by Crippen LogP contribution is 2.20. The number of nitrogens with one attached hydrogen (secondary N) is 1. The molecular formula is C21H37N5O3. The van der Waals surface area contributed by atoms with Gasteiger partial charge in [-0.05, 0) is 60.3 Å². The highest BCUT2D eigenvalue weighted by Gasteiger charge is 2.27. The van der Waals surface area contributed by atoms with Gasteiger partial charge in [0.15, 0.2) is 5.96 Å². The number of aliphatic imine (C=N–C) groups is 1. The van der Waals surface area contributed by atoms with E-state index in [2.05, 4.69) is 20.2 Å². The monoisotopic (exact) mass is 407 g/mol. The zero-order valence-corrected chi connectivity index (χ0v) is 19.0. The molecule has 164 valence electrons. The van der Waals surface area contributed by atoms with Crippen molar-refractivity contribution in [2.45, 2.75) is 66.5 Å². The van der Waals surface area contributed by atoms with Crippen LogP contribution in [0.25, 0.3) is 0 Å². The summed E-state index contributed by atoms with van der Waals surface area (Å²) in [4.78, 5) is 25.3. The van der Waals surface area contributed by atoms with Gasteiger partial charge in [-0.25, -0.2) is 9.78 Å². The number of guanidine groups is 1. The van der Waals surface area contributed by atoms with E-state index in [4.69, 9.17) is 9.15 Å². The molecule has 0 atom stereocenters. The van der Waals surface area contributed by atoms with E-state index in [0.717, 1.165) is 49.9 Å². The Morgan fingerprint density at radius 2 is 2.00 bits per heavy atom. The third-order valence-electron chi connectivity index (χ3n) is 5.11. The molecule has 8 heteroatoms. The number of hydrogen-bond donors (Lipinski definition) is 1. The Labute approximate surface area is 174 Å². The Kier molecular flexibility index (Phi) is 7.93. The molecule has 2 heterocycles. The maximum atomic E-state index is 12.4. The summed E-state index contributed by atoms with van der Waals surface area (Å²) in [6.07, 6.45) is 1.80. The second kappa shape index (κ2) is 9.98. The predicted octanol–water partition coefficient (Wildman–Crippen LogP) is 3.34. The maximum Gasteiger partial charge on any atom is 0.410 e. The topological polar surface area (TPSA) is 83.2 Å². The quantitative estimate of drug-likeness (QED) is 0.595. The van der Waals surface area contributed by atoms with Crippen molar-refractivity contribution in [3.8, 4) is 0 Å². The van der Waals surface area contributed by atoms with Crippen LogP contribution in [0.15, 0.2) is 9.41 Å². The van der Waals surface area contributed by atoms with E-state index >= 15 is 0 Å². The average Bonchev–Trinajstić information content (AvgIpc) is 2.97. The normalized spacial score (nSPS) is 16.1. The lowest BCUT2D eigenvalue weighted by Gasteiger charge is -2.36. The number of piperidine rings is 1. The fourth-order valence-corrected chi connectivity index (χ4v) is 3.40. The molecule has 1 fully saturated rings. The molecule has 1 aliphatic heterocycles. The van der Waals surface area contributed by atoms with E-state index in [1.165, 1.54) is 0 Å². The zero-order valence-electron chi connectivity index (χ0n) is 19.0. The molecule has 1 amide bonds. The summed E-state index contributed by atoms with van der Waals surface area (Å²) in [7, 11) is 1.79. The number of aryl methyl sites for hydroxylation is 2. The molecule has 2 rings (SSSR count). The van der Waals surface area contributed by atoms with Crippen LogP contribution in [0.2, 0.25) is 0 Å². The van der Waals surface area contributed by atoms with Gasteiger partial charge in [-0.15, -0.1) is 0 Å². The van der Waals surface area contributed by atoms with Crippen LogP contribution in [0.3, 0.4) is 0 Å². The van der Waals surface area contributed by atoms with Crippen molar-refractivity contribution in [3.05, 3.63) is 17.3 Å². The Bertz CT molecular complexity index is 680. The van der Waals surface area contributed by atoms with Gasteiger partial charge in [-0.3, -0.25) is 4.99 Å². The molecule has 29 heavy (non-hydrogen) atoms. The smallest absolute Gasteiger partial charge is 0.410 e. The number of amides is 1. The van der Waals surface area contributed by atoms with Crippen LogP contribution in [0, 0.1) is 19.8 Å². The Morgan fingerprint density at radius 3 is 2.48 bits per heavy atom. The van der Waals surface area contributed by atoms with Crippen LogP contribution >= 0.6 is 0 Å². The fraction of sp³-hybridized carbons (Fsp3) is 0.762. The average molecular weight is 408 g/mol. The lowest BCUT2D eigenvalue weighted by Crippen LogP contribution is -2.47. The first kappa shape index (κ1) is 23.0. The van der Waals surface area contributed by atoms with E-state index in [9.17, 15) is 4.79 Å². The molecule has 0 spiro atoms.